The molecule has 1 aromatic heterocycles. The van der Waals surface area contributed by atoms with Gasteiger partial charge >= 0.3 is 0 Å². The van der Waals surface area contributed by atoms with Crippen molar-refractivity contribution in [1.29, 1.82) is 0 Å². The normalized spacial score (nSPS) is 20.5. The van der Waals surface area contributed by atoms with Crippen molar-refractivity contribution in [2.24, 2.45) is 0 Å². The van der Waals surface area contributed by atoms with Gasteiger partial charge in [0, 0.05) is 34.8 Å². The Hall–Kier alpha value is -2.40. The zero-order valence-electron chi connectivity index (χ0n) is 14.2. The van der Waals surface area contributed by atoms with Gasteiger partial charge in [-0.05, 0) is 19.1 Å². The second kappa shape index (κ2) is 5.85. The van der Waals surface area contributed by atoms with Crippen LogP contribution >= 0.6 is 0 Å². The molecule has 5 heteroatoms. The molecule has 2 heterocycles. The van der Waals surface area contributed by atoms with Crippen molar-refractivity contribution in [3.63, 3.8) is 0 Å². The first-order valence-corrected chi connectivity index (χ1v) is 8.57. The number of carbonyl (C=O) groups is 1. The third kappa shape index (κ3) is 2.78. The van der Waals surface area contributed by atoms with Crippen molar-refractivity contribution in [3.05, 3.63) is 48.5 Å². The Morgan fingerprint density at radius 1 is 1.08 bits per heavy atom. The molecule has 130 valence electrons. The van der Waals surface area contributed by atoms with Crippen molar-refractivity contribution >= 4 is 27.7 Å². The van der Waals surface area contributed by atoms with Crippen LogP contribution in [0.15, 0.2) is 48.5 Å². The molecule has 1 aliphatic rings. The van der Waals surface area contributed by atoms with Crippen LogP contribution in [0.2, 0.25) is 0 Å². The molecule has 4 nitrogen and oxygen atoms in total. The molecule has 1 unspecified atom stereocenters. The van der Waals surface area contributed by atoms with Gasteiger partial charge in [-0.25, -0.2) is 4.39 Å². The summed E-state index contributed by atoms with van der Waals surface area (Å²) < 4.78 is 15.5. The SMILES string of the molecule is CC(O)(CN1CC[C@@H](F)C1=O)Cn1c2ccccc2c2ccccc21. The van der Waals surface area contributed by atoms with E-state index < -0.39 is 17.7 Å². The fourth-order valence-corrected chi connectivity index (χ4v) is 3.83. The Bertz CT molecular complexity index is 894. The summed E-state index contributed by atoms with van der Waals surface area (Å²) in [7, 11) is 0. The Balaban J connectivity index is 1.70. The van der Waals surface area contributed by atoms with Gasteiger partial charge in [-0.3, -0.25) is 4.79 Å². The van der Waals surface area contributed by atoms with Crippen LogP contribution in [0.1, 0.15) is 13.3 Å². The number of rotatable bonds is 4. The summed E-state index contributed by atoms with van der Waals surface area (Å²) in [6.45, 7) is 2.54. The molecule has 2 aromatic carbocycles. The minimum atomic E-state index is -1.43. The number of amides is 1. The van der Waals surface area contributed by atoms with Crippen LogP contribution in [0.5, 0.6) is 0 Å². The second-order valence-electron chi connectivity index (χ2n) is 7.13. The summed E-state index contributed by atoms with van der Waals surface area (Å²) in [5.74, 6) is -0.512. The van der Waals surface area contributed by atoms with Crippen LogP contribution < -0.4 is 0 Å². The highest BCUT2D eigenvalue weighted by atomic mass is 19.1. The van der Waals surface area contributed by atoms with Crippen molar-refractivity contribution in [2.75, 3.05) is 13.1 Å². The molecule has 0 saturated carbocycles. The average Bonchev–Trinajstić information content (AvgIpc) is 3.08. The third-order valence-electron chi connectivity index (χ3n) is 4.94. The lowest BCUT2D eigenvalue weighted by Crippen LogP contribution is -2.45. The van der Waals surface area contributed by atoms with E-state index in [0.29, 0.717) is 13.1 Å². The number of para-hydroxylation sites is 2. The highest BCUT2D eigenvalue weighted by Gasteiger charge is 2.36. The maximum absolute atomic E-state index is 13.5. The van der Waals surface area contributed by atoms with Crippen molar-refractivity contribution in [1.82, 2.24) is 9.47 Å². The minimum absolute atomic E-state index is 0.132. The van der Waals surface area contributed by atoms with Gasteiger partial charge in [0.05, 0.1) is 18.7 Å². The Morgan fingerprint density at radius 3 is 2.16 bits per heavy atom. The summed E-state index contributed by atoms with van der Waals surface area (Å²) in [5, 5.41) is 13.2. The number of nitrogens with zero attached hydrogens (tertiary/aromatic N) is 2. The maximum atomic E-state index is 13.5. The van der Waals surface area contributed by atoms with E-state index >= 15 is 0 Å². The van der Waals surface area contributed by atoms with E-state index in [1.165, 1.54) is 4.90 Å². The maximum Gasteiger partial charge on any atom is 0.257 e. The molecular weight excluding hydrogens is 319 g/mol. The van der Waals surface area contributed by atoms with Gasteiger partial charge in [0.2, 0.25) is 0 Å². The van der Waals surface area contributed by atoms with Gasteiger partial charge in [0.1, 0.15) is 0 Å². The molecule has 1 saturated heterocycles. The van der Waals surface area contributed by atoms with E-state index in [0.717, 1.165) is 21.8 Å². The fraction of sp³-hybridized carbons (Fsp3) is 0.350. The van der Waals surface area contributed by atoms with Crippen LogP contribution in [0, 0.1) is 0 Å². The number of aliphatic hydroxyl groups is 1. The van der Waals surface area contributed by atoms with Gasteiger partial charge in [0.25, 0.3) is 5.91 Å². The van der Waals surface area contributed by atoms with E-state index in [2.05, 4.69) is 16.7 Å². The van der Waals surface area contributed by atoms with Gasteiger partial charge < -0.3 is 14.6 Å². The predicted octanol–water partition coefficient (Wildman–Crippen LogP) is 3.12. The third-order valence-corrected chi connectivity index (χ3v) is 4.94. The number of hydrogen-bond acceptors (Lipinski definition) is 2. The molecule has 1 aliphatic heterocycles. The first kappa shape index (κ1) is 16.1. The molecular formula is C20H21FN2O2. The summed E-state index contributed by atoms with van der Waals surface area (Å²) >= 11 is 0. The minimum Gasteiger partial charge on any atom is -0.386 e. The molecule has 25 heavy (non-hydrogen) atoms. The van der Waals surface area contributed by atoms with Crippen LogP contribution in [0.25, 0.3) is 21.8 Å². The molecule has 0 bridgehead atoms. The molecule has 1 fully saturated rings. The lowest BCUT2D eigenvalue weighted by molar-refractivity contribution is -0.134. The van der Waals surface area contributed by atoms with E-state index in [4.69, 9.17) is 0 Å². The summed E-state index contributed by atoms with van der Waals surface area (Å²) in [4.78, 5) is 13.3. The molecule has 0 spiro atoms. The number of aromatic nitrogens is 1. The first-order chi connectivity index (χ1) is 12.0. The zero-order chi connectivity index (χ0) is 17.6. The number of benzene rings is 2. The standard InChI is InChI=1S/C20H21FN2O2/c1-20(25,12-22-11-10-16(21)19(22)24)13-23-17-8-4-2-6-14(17)15-7-3-5-9-18(15)23/h2-9,16,25H,10-13H2,1H3/t16-,20?/m1/s1. The Morgan fingerprint density at radius 2 is 1.64 bits per heavy atom. The van der Waals surface area contributed by atoms with Crippen LogP contribution in [0.3, 0.4) is 0 Å². The van der Waals surface area contributed by atoms with Gasteiger partial charge in [-0.2, -0.15) is 0 Å². The van der Waals surface area contributed by atoms with Gasteiger partial charge in [-0.15, -0.1) is 0 Å². The van der Waals surface area contributed by atoms with E-state index in [9.17, 15) is 14.3 Å². The summed E-state index contributed by atoms with van der Waals surface area (Å²) in [5.41, 5.74) is 0.935. The smallest absolute Gasteiger partial charge is 0.257 e. The summed E-state index contributed by atoms with van der Waals surface area (Å²) in [6.07, 6.45) is -1.21. The number of fused-ring (bicyclic) bond motifs is 3. The number of likely N-dealkylation sites (tertiary alicyclic amines) is 1. The summed E-state index contributed by atoms with van der Waals surface area (Å²) in [6, 6.07) is 16.2. The number of β-amino-alcohol motifs (C(OH)–C–C–N with tert-alkyl or cyclic N) is 1. The van der Waals surface area contributed by atoms with Crippen molar-refractivity contribution in [3.8, 4) is 0 Å². The van der Waals surface area contributed by atoms with Gasteiger partial charge in [0.15, 0.2) is 6.17 Å². The Labute approximate surface area is 145 Å². The fourth-order valence-electron chi connectivity index (χ4n) is 3.83. The Kier molecular flexibility index (Phi) is 3.76. The highest BCUT2D eigenvalue weighted by Crippen LogP contribution is 2.30. The first-order valence-electron chi connectivity index (χ1n) is 8.57. The molecule has 1 amide bonds. The lowest BCUT2D eigenvalue weighted by atomic mass is 10.1. The molecule has 1 N–H and O–H groups in total. The van der Waals surface area contributed by atoms with E-state index in [-0.39, 0.29) is 13.0 Å². The van der Waals surface area contributed by atoms with E-state index in [1.807, 2.05) is 36.4 Å². The zero-order valence-corrected chi connectivity index (χ0v) is 14.2. The lowest BCUT2D eigenvalue weighted by Gasteiger charge is -2.30. The molecule has 0 radical (unpaired) electrons. The van der Waals surface area contributed by atoms with Crippen molar-refractivity contribution in [2.45, 2.75) is 31.7 Å². The largest absolute Gasteiger partial charge is 0.386 e. The number of carbonyl (C=O) groups excluding carboxylic acids is 1. The molecule has 3 aromatic rings. The highest BCUT2D eigenvalue weighted by molar-refractivity contribution is 6.07. The average molecular weight is 340 g/mol. The monoisotopic (exact) mass is 340 g/mol. The van der Waals surface area contributed by atoms with Crippen LogP contribution in [0.4, 0.5) is 4.39 Å². The van der Waals surface area contributed by atoms with Crippen molar-refractivity contribution < 1.29 is 14.3 Å². The number of alkyl halides is 1. The predicted molar refractivity (Wildman–Crippen MR) is 96.2 cm³/mol. The second-order valence-corrected chi connectivity index (χ2v) is 7.13. The van der Waals surface area contributed by atoms with Crippen LogP contribution in [-0.4, -0.2) is 45.3 Å². The topological polar surface area (TPSA) is 45.5 Å². The molecule has 2 atom stereocenters. The van der Waals surface area contributed by atoms with E-state index in [1.54, 1.807) is 6.92 Å². The number of hydrogen-bond donors (Lipinski definition) is 1. The number of halogens is 1. The van der Waals surface area contributed by atoms with Crippen LogP contribution in [-0.2, 0) is 11.3 Å². The molecule has 0 aliphatic carbocycles. The van der Waals surface area contributed by atoms with Gasteiger partial charge in [-0.1, -0.05) is 36.4 Å². The molecule has 4 rings (SSSR count). The quantitative estimate of drug-likeness (QED) is 0.793.